The van der Waals surface area contributed by atoms with E-state index in [1.165, 1.54) is 6.92 Å². The summed E-state index contributed by atoms with van der Waals surface area (Å²) in [5, 5.41) is 5.41. The van der Waals surface area contributed by atoms with E-state index in [4.69, 9.17) is 5.73 Å². The highest BCUT2D eigenvalue weighted by Crippen LogP contribution is 2.19. The minimum absolute atomic E-state index is 0.133. The summed E-state index contributed by atoms with van der Waals surface area (Å²) < 4.78 is 0. The molecule has 1 rings (SSSR count). The van der Waals surface area contributed by atoms with E-state index in [-0.39, 0.29) is 17.2 Å². The molecule has 0 saturated heterocycles. The van der Waals surface area contributed by atoms with Gasteiger partial charge in [0.15, 0.2) is 0 Å². The monoisotopic (exact) mass is 263 g/mol. The molecule has 19 heavy (non-hydrogen) atoms. The van der Waals surface area contributed by atoms with Gasteiger partial charge < -0.3 is 16.4 Å². The van der Waals surface area contributed by atoms with E-state index >= 15 is 0 Å². The second kappa shape index (κ2) is 5.84. The molecule has 104 valence electrons. The Morgan fingerprint density at radius 2 is 1.47 bits per heavy atom. The summed E-state index contributed by atoms with van der Waals surface area (Å²) in [5.74, 6) is -0.355. The molecule has 0 unspecified atom stereocenters. The van der Waals surface area contributed by atoms with Crippen LogP contribution in [0.15, 0.2) is 24.3 Å². The Balaban J connectivity index is 2.68. The van der Waals surface area contributed by atoms with Crippen LogP contribution < -0.4 is 16.4 Å². The maximum absolute atomic E-state index is 11.9. The Morgan fingerprint density at radius 3 is 1.84 bits per heavy atom. The molecule has 1 aromatic carbocycles. The average Bonchev–Trinajstić information content (AvgIpc) is 2.28. The quantitative estimate of drug-likeness (QED) is 0.779. The first kappa shape index (κ1) is 15.2. The van der Waals surface area contributed by atoms with Crippen LogP contribution in [-0.2, 0) is 9.59 Å². The number of amides is 2. The fourth-order valence-corrected chi connectivity index (χ4v) is 1.45. The molecule has 1 atom stereocenters. The number of carbonyl (C=O) groups excluding carboxylic acids is 2. The van der Waals surface area contributed by atoms with Gasteiger partial charge in [0.05, 0.1) is 6.04 Å². The highest BCUT2D eigenvalue weighted by molar-refractivity contribution is 5.95. The summed E-state index contributed by atoms with van der Waals surface area (Å²) in [6, 6.07) is 6.30. The summed E-state index contributed by atoms with van der Waals surface area (Å²) in [5.41, 5.74) is 6.91. The molecular weight excluding hydrogens is 242 g/mol. The van der Waals surface area contributed by atoms with E-state index < -0.39 is 6.04 Å². The predicted molar refractivity (Wildman–Crippen MR) is 76.8 cm³/mol. The molecule has 0 bridgehead atoms. The molecule has 0 aliphatic rings. The summed E-state index contributed by atoms with van der Waals surface area (Å²) in [6.07, 6.45) is 0. The van der Waals surface area contributed by atoms with Crippen LogP contribution in [0.25, 0.3) is 0 Å². The Bertz CT molecular complexity index is 461. The average molecular weight is 263 g/mol. The summed E-state index contributed by atoms with van der Waals surface area (Å²) in [6.45, 7) is 7.18. The fourth-order valence-electron chi connectivity index (χ4n) is 1.45. The zero-order valence-corrected chi connectivity index (χ0v) is 11.8. The Labute approximate surface area is 113 Å². The molecule has 1 aromatic rings. The second-order valence-corrected chi connectivity index (χ2v) is 5.59. The number of rotatable bonds is 3. The third-order valence-corrected chi connectivity index (χ3v) is 2.69. The zero-order valence-electron chi connectivity index (χ0n) is 11.8. The van der Waals surface area contributed by atoms with Crippen molar-refractivity contribution in [3.63, 3.8) is 0 Å². The first-order valence-corrected chi connectivity index (χ1v) is 6.14. The van der Waals surface area contributed by atoms with Crippen LogP contribution in [0, 0.1) is 5.41 Å². The molecule has 0 heterocycles. The van der Waals surface area contributed by atoms with Gasteiger partial charge in [-0.05, 0) is 29.7 Å². The third-order valence-electron chi connectivity index (χ3n) is 2.69. The number of nitrogens with two attached hydrogens (primary N) is 1. The van der Waals surface area contributed by atoms with E-state index in [1.807, 2.05) is 20.8 Å². The Hall–Kier alpha value is -1.88. The number of nitrogens with one attached hydrogen (secondary N) is 2. The van der Waals surface area contributed by atoms with Crippen molar-refractivity contribution in [2.75, 3.05) is 10.6 Å². The van der Waals surface area contributed by atoms with E-state index in [9.17, 15) is 9.59 Å². The van der Waals surface area contributed by atoms with E-state index in [0.717, 1.165) is 0 Å². The second-order valence-electron chi connectivity index (χ2n) is 5.59. The minimum atomic E-state index is -0.581. The Kier molecular flexibility index (Phi) is 4.67. The molecule has 5 heteroatoms. The van der Waals surface area contributed by atoms with Gasteiger partial charge >= 0.3 is 0 Å². The van der Waals surface area contributed by atoms with Crippen molar-refractivity contribution in [3.8, 4) is 0 Å². The number of benzene rings is 1. The fraction of sp³-hybridized carbons (Fsp3) is 0.429. The van der Waals surface area contributed by atoms with Crippen LogP contribution in [0.3, 0.4) is 0 Å². The standard InChI is InChI=1S/C14H21N3O2/c1-9(18)16-10-5-7-11(8-6-10)17-13(19)12(15)14(2,3)4/h5-8,12H,15H2,1-4H3,(H,16,18)(H,17,19)/t12-/m0/s1. The molecule has 4 N–H and O–H groups in total. The summed E-state index contributed by atoms with van der Waals surface area (Å²) in [4.78, 5) is 22.8. The van der Waals surface area contributed by atoms with Crippen LogP contribution in [-0.4, -0.2) is 17.9 Å². The lowest BCUT2D eigenvalue weighted by atomic mass is 9.87. The van der Waals surface area contributed by atoms with Gasteiger partial charge in [-0.3, -0.25) is 9.59 Å². The third kappa shape index (κ3) is 4.71. The van der Waals surface area contributed by atoms with Crippen molar-refractivity contribution in [2.45, 2.75) is 33.7 Å². The first-order chi connectivity index (χ1) is 8.70. The van der Waals surface area contributed by atoms with Crippen LogP contribution in [0.1, 0.15) is 27.7 Å². The molecule has 0 saturated carbocycles. The lowest BCUT2D eigenvalue weighted by Crippen LogP contribution is -2.45. The summed E-state index contributed by atoms with van der Waals surface area (Å²) >= 11 is 0. The normalized spacial score (nSPS) is 12.7. The smallest absolute Gasteiger partial charge is 0.241 e. The molecule has 0 spiro atoms. The van der Waals surface area contributed by atoms with Gasteiger partial charge in [0.25, 0.3) is 0 Å². The Morgan fingerprint density at radius 1 is 1.05 bits per heavy atom. The molecule has 2 amide bonds. The van der Waals surface area contributed by atoms with E-state index in [2.05, 4.69) is 10.6 Å². The van der Waals surface area contributed by atoms with Gasteiger partial charge in [-0.25, -0.2) is 0 Å². The van der Waals surface area contributed by atoms with Gasteiger partial charge in [-0.1, -0.05) is 20.8 Å². The van der Waals surface area contributed by atoms with Crippen LogP contribution in [0.4, 0.5) is 11.4 Å². The molecule has 0 aromatic heterocycles. The highest BCUT2D eigenvalue weighted by Gasteiger charge is 2.27. The first-order valence-electron chi connectivity index (χ1n) is 6.14. The topological polar surface area (TPSA) is 84.2 Å². The van der Waals surface area contributed by atoms with Gasteiger partial charge in [0, 0.05) is 18.3 Å². The number of anilines is 2. The molecular formula is C14H21N3O2. The molecule has 0 aliphatic carbocycles. The molecule has 5 nitrogen and oxygen atoms in total. The SMILES string of the molecule is CC(=O)Nc1ccc(NC(=O)[C@H](N)C(C)(C)C)cc1. The van der Waals surface area contributed by atoms with Crippen LogP contribution in [0.5, 0.6) is 0 Å². The van der Waals surface area contributed by atoms with E-state index in [0.29, 0.717) is 11.4 Å². The number of carbonyl (C=O) groups is 2. The van der Waals surface area contributed by atoms with Gasteiger partial charge in [0.2, 0.25) is 11.8 Å². The minimum Gasteiger partial charge on any atom is -0.326 e. The summed E-state index contributed by atoms with van der Waals surface area (Å²) in [7, 11) is 0. The van der Waals surface area contributed by atoms with Crippen molar-refractivity contribution in [1.82, 2.24) is 0 Å². The van der Waals surface area contributed by atoms with Crippen molar-refractivity contribution in [1.29, 1.82) is 0 Å². The maximum atomic E-state index is 11.9. The highest BCUT2D eigenvalue weighted by atomic mass is 16.2. The number of hydrogen-bond acceptors (Lipinski definition) is 3. The largest absolute Gasteiger partial charge is 0.326 e. The lowest BCUT2D eigenvalue weighted by molar-refractivity contribution is -0.119. The van der Waals surface area contributed by atoms with Crippen LogP contribution >= 0.6 is 0 Å². The van der Waals surface area contributed by atoms with Crippen molar-refractivity contribution in [2.24, 2.45) is 11.1 Å². The van der Waals surface area contributed by atoms with Crippen molar-refractivity contribution < 1.29 is 9.59 Å². The van der Waals surface area contributed by atoms with Gasteiger partial charge in [-0.15, -0.1) is 0 Å². The molecule has 0 fully saturated rings. The predicted octanol–water partition coefficient (Wildman–Crippen LogP) is 1.96. The van der Waals surface area contributed by atoms with E-state index in [1.54, 1.807) is 24.3 Å². The lowest BCUT2D eigenvalue weighted by Gasteiger charge is -2.25. The van der Waals surface area contributed by atoms with Crippen molar-refractivity contribution in [3.05, 3.63) is 24.3 Å². The number of hydrogen-bond donors (Lipinski definition) is 3. The molecule has 0 aliphatic heterocycles. The maximum Gasteiger partial charge on any atom is 0.241 e. The van der Waals surface area contributed by atoms with Crippen molar-refractivity contribution >= 4 is 23.2 Å². The molecule has 0 radical (unpaired) electrons. The van der Waals surface area contributed by atoms with Gasteiger partial charge in [-0.2, -0.15) is 0 Å². The zero-order chi connectivity index (χ0) is 14.6. The van der Waals surface area contributed by atoms with Gasteiger partial charge in [0.1, 0.15) is 0 Å². The van der Waals surface area contributed by atoms with Crippen LogP contribution in [0.2, 0.25) is 0 Å².